The first-order chi connectivity index (χ1) is 9.60. The van der Waals surface area contributed by atoms with Crippen LogP contribution in [0.3, 0.4) is 0 Å². The highest BCUT2D eigenvalue weighted by Crippen LogP contribution is 2.38. The third-order valence-electron chi connectivity index (χ3n) is 3.47. The van der Waals surface area contributed by atoms with Gasteiger partial charge in [0.2, 0.25) is 5.91 Å². The van der Waals surface area contributed by atoms with Crippen LogP contribution in [-0.4, -0.2) is 37.7 Å². The smallest absolute Gasteiger partial charge is 0.339 e. The van der Waals surface area contributed by atoms with E-state index in [0.717, 1.165) is 4.88 Å². The number of hydrogen-bond acceptors (Lipinski definition) is 5. The van der Waals surface area contributed by atoms with Crippen molar-refractivity contribution in [3.63, 3.8) is 0 Å². The molecule has 9 heteroatoms. The van der Waals surface area contributed by atoms with Gasteiger partial charge in [0.05, 0.1) is 11.3 Å². The lowest BCUT2D eigenvalue weighted by Gasteiger charge is -2.15. The number of hydrogen-bond donors (Lipinski definition) is 1. The standard InChI is InChI=1S/C12H14FNO5S2/c1-6-7(2)20-11(10(6)12(16)17)14-4-8(3-9(14)15)5-21(13,18)19/h8H,3-5H2,1-2H3,(H,16,17). The lowest BCUT2D eigenvalue weighted by Crippen LogP contribution is -2.26. The summed E-state index contributed by atoms with van der Waals surface area (Å²) >= 11 is 1.17. The first-order valence-corrected chi connectivity index (χ1v) is 8.53. The molecule has 1 aliphatic heterocycles. The quantitative estimate of drug-likeness (QED) is 0.846. The zero-order valence-corrected chi connectivity index (χ0v) is 13.1. The summed E-state index contributed by atoms with van der Waals surface area (Å²) in [6.07, 6.45) is -0.0990. The van der Waals surface area contributed by atoms with Gasteiger partial charge in [-0.1, -0.05) is 0 Å². The maximum atomic E-state index is 12.7. The third-order valence-corrected chi connectivity index (χ3v) is 5.57. The van der Waals surface area contributed by atoms with Crippen LogP contribution < -0.4 is 4.90 Å². The number of carbonyl (C=O) groups excluding carboxylic acids is 1. The van der Waals surface area contributed by atoms with Crippen LogP contribution in [0.4, 0.5) is 8.89 Å². The van der Waals surface area contributed by atoms with Crippen molar-refractivity contribution in [2.45, 2.75) is 20.3 Å². The van der Waals surface area contributed by atoms with Gasteiger partial charge in [-0.25, -0.2) is 4.79 Å². The van der Waals surface area contributed by atoms with E-state index in [1.54, 1.807) is 13.8 Å². The average molecular weight is 335 g/mol. The van der Waals surface area contributed by atoms with E-state index in [1.165, 1.54) is 16.2 Å². The average Bonchev–Trinajstić information content (AvgIpc) is 2.78. The molecule has 0 spiro atoms. The Morgan fingerprint density at radius 2 is 2.10 bits per heavy atom. The minimum atomic E-state index is -4.66. The summed E-state index contributed by atoms with van der Waals surface area (Å²) in [4.78, 5) is 25.4. The molecule has 1 saturated heterocycles. The second kappa shape index (κ2) is 5.38. The number of rotatable bonds is 4. The maximum Gasteiger partial charge on any atom is 0.339 e. The number of halogens is 1. The van der Waals surface area contributed by atoms with Crippen LogP contribution in [0.5, 0.6) is 0 Å². The second-order valence-corrected chi connectivity index (χ2v) is 7.66. The van der Waals surface area contributed by atoms with Crippen molar-refractivity contribution in [3.05, 3.63) is 16.0 Å². The predicted octanol–water partition coefficient (Wildman–Crippen LogP) is 1.72. The molecule has 0 bridgehead atoms. The molecule has 1 aliphatic rings. The zero-order chi connectivity index (χ0) is 15.9. The minimum Gasteiger partial charge on any atom is -0.478 e. The molecule has 1 N–H and O–H groups in total. The Hall–Kier alpha value is -1.48. The van der Waals surface area contributed by atoms with Gasteiger partial charge >= 0.3 is 16.2 Å². The van der Waals surface area contributed by atoms with Gasteiger partial charge in [0.15, 0.2) is 0 Å². The van der Waals surface area contributed by atoms with Gasteiger partial charge < -0.3 is 10.0 Å². The lowest BCUT2D eigenvalue weighted by atomic mass is 10.1. The Labute approximate surface area is 125 Å². The van der Waals surface area contributed by atoms with Crippen molar-refractivity contribution < 1.29 is 27.0 Å². The molecule has 1 unspecified atom stereocenters. The van der Waals surface area contributed by atoms with Gasteiger partial charge in [0.1, 0.15) is 5.00 Å². The van der Waals surface area contributed by atoms with Crippen LogP contribution in [0, 0.1) is 19.8 Å². The molecule has 1 amide bonds. The second-order valence-electron chi connectivity index (χ2n) is 5.05. The molecule has 116 valence electrons. The monoisotopic (exact) mass is 335 g/mol. The van der Waals surface area contributed by atoms with Gasteiger partial charge in [-0.05, 0) is 19.4 Å². The van der Waals surface area contributed by atoms with E-state index in [9.17, 15) is 27.0 Å². The Kier molecular flexibility index (Phi) is 4.07. The molecular formula is C12H14FNO5S2. The molecule has 0 radical (unpaired) electrons. The van der Waals surface area contributed by atoms with E-state index in [2.05, 4.69) is 0 Å². The molecule has 1 fully saturated rings. The molecule has 0 saturated carbocycles. The highest BCUT2D eigenvalue weighted by Gasteiger charge is 2.37. The van der Waals surface area contributed by atoms with Gasteiger partial charge in [-0.15, -0.1) is 15.2 Å². The molecule has 1 aromatic heterocycles. The summed E-state index contributed by atoms with van der Waals surface area (Å²) in [5, 5.41) is 9.56. The summed E-state index contributed by atoms with van der Waals surface area (Å²) in [5.74, 6) is -2.90. The van der Waals surface area contributed by atoms with Gasteiger partial charge in [0.25, 0.3) is 0 Å². The van der Waals surface area contributed by atoms with Crippen molar-refractivity contribution >= 4 is 38.4 Å². The largest absolute Gasteiger partial charge is 0.478 e. The van der Waals surface area contributed by atoms with Crippen molar-refractivity contribution in [1.29, 1.82) is 0 Å². The SMILES string of the molecule is Cc1sc(N2CC(CS(=O)(=O)F)CC2=O)c(C(=O)O)c1C. The van der Waals surface area contributed by atoms with Gasteiger partial charge in [0, 0.05) is 23.8 Å². The summed E-state index contributed by atoms with van der Waals surface area (Å²) in [7, 11) is -4.66. The van der Waals surface area contributed by atoms with Crippen LogP contribution in [0.15, 0.2) is 0 Å². The van der Waals surface area contributed by atoms with E-state index < -0.39 is 27.9 Å². The lowest BCUT2D eigenvalue weighted by molar-refractivity contribution is -0.117. The van der Waals surface area contributed by atoms with Crippen molar-refractivity contribution in [2.24, 2.45) is 5.92 Å². The highest BCUT2D eigenvalue weighted by molar-refractivity contribution is 7.86. The summed E-state index contributed by atoms with van der Waals surface area (Å²) in [6, 6.07) is 0. The molecule has 2 heterocycles. The van der Waals surface area contributed by atoms with Crippen molar-refractivity contribution in [3.8, 4) is 0 Å². The highest BCUT2D eigenvalue weighted by atomic mass is 32.3. The molecule has 1 atom stereocenters. The van der Waals surface area contributed by atoms with Crippen molar-refractivity contribution in [2.75, 3.05) is 17.2 Å². The normalized spacial score (nSPS) is 19.3. The molecule has 6 nitrogen and oxygen atoms in total. The van der Waals surface area contributed by atoms with Gasteiger partial charge in [-0.3, -0.25) is 4.79 Å². The number of nitrogens with zero attached hydrogens (tertiary/aromatic N) is 1. The van der Waals surface area contributed by atoms with E-state index >= 15 is 0 Å². The molecule has 0 aromatic carbocycles. The fraction of sp³-hybridized carbons (Fsp3) is 0.500. The van der Waals surface area contributed by atoms with Crippen LogP contribution in [0.25, 0.3) is 0 Å². The van der Waals surface area contributed by atoms with Gasteiger partial charge in [-0.2, -0.15) is 8.42 Å². The van der Waals surface area contributed by atoms with Crippen LogP contribution in [0.2, 0.25) is 0 Å². The Morgan fingerprint density at radius 1 is 1.48 bits per heavy atom. The predicted molar refractivity (Wildman–Crippen MR) is 76.1 cm³/mol. The van der Waals surface area contributed by atoms with Crippen molar-refractivity contribution in [1.82, 2.24) is 0 Å². The number of carbonyl (C=O) groups is 2. The number of aryl methyl sites for hydroxylation is 1. The van der Waals surface area contributed by atoms with Crippen LogP contribution in [0.1, 0.15) is 27.2 Å². The van der Waals surface area contributed by atoms with E-state index in [4.69, 9.17) is 0 Å². The zero-order valence-electron chi connectivity index (χ0n) is 11.4. The number of thiophene rings is 1. The van der Waals surface area contributed by atoms with E-state index in [-0.39, 0.29) is 24.4 Å². The molecular weight excluding hydrogens is 321 g/mol. The van der Waals surface area contributed by atoms with Crippen LogP contribution >= 0.6 is 11.3 Å². The minimum absolute atomic E-state index is 0.0155. The Morgan fingerprint density at radius 3 is 2.62 bits per heavy atom. The fourth-order valence-corrected chi connectivity index (χ4v) is 4.38. The summed E-state index contributed by atoms with van der Waals surface area (Å²) in [5.41, 5.74) is 0.631. The molecule has 21 heavy (non-hydrogen) atoms. The molecule has 0 aliphatic carbocycles. The summed E-state index contributed by atoms with van der Waals surface area (Å²) < 4.78 is 34.1. The first-order valence-electron chi connectivity index (χ1n) is 6.16. The maximum absolute atomic E-state index is 12.7. The Bertz CT molecular complexity index is 709. The number of carboxylic acid groups (broad SMARTS) is 1. The third kappa shape index (κ3) is 3.24. The molecule has 1 aromatic rings. The number of anilines is 1. The fourth-order valence-electron chi connectivity index (χ4n) is 2.42. The number of carboxylic acids is 1. The van der Waals surface area contributed by atoms with E-state index in [1.807, 2.05) is 0 Å². The number of aromatic carboxylic acids is 1. The van der Waals surface area contributed by atoms with E-state index in [0.29, 0.717) is 10.6 Å². The van der Waals surface area contributed by atoms with Crippen LogP contribution in [-0.2, 0) is 15.0 Å². The number of amides is 1. The first kappa shape index (κ1) is 15.9. The molecule has 2 rings (SSSR count). The summed E-state index contributed by atoms with van der Waals surface area (Å²) in [6.45, 7) is 3.42. The Balaban J connectivity index is 2.34. The topological polar surface area (TPSA) is 91.8 Å².